The normalized spacial score (nSPS) is 16.9. The number of nitrogens with one attached hydrogen (secondary N) is 1. The number of hydrogen-bond donors (Lipinski definition) is 1. The van der Waals surface area contributed by atoms with Crippen molar-refractivity contribution in [2.45, 2.75) is 26.3 Å². The number of methoxy groups -OCH3 is 1. The van der Waals surface area contributed by atoms with E-state index >= 15 is 0 Å². The summed E-state index contributed by atoms with van der Waals surface area (Å²) in [7, 11) is 1.61. The fourth-order valence-corrected chi connectivity index (χ4v) is 2.53. The molecule has 122 valence electrons. The third kappa shape index (κ3) is 3.13. The molecule has 3 rings (SSSR count). The molecule has 7 nitrogen and oxygen atoms in total. The summed E-state index contributed by atoms with van der Waals surface area (Å²) < 4.78 is 12.9. The number of fused-ring (bicyclic) bond motifs is 1. The second-order valence-electron chi connectivity index (χ2n) is 5.91. The maximum atomic E-state index is 11.9. The van der Waals surface area contributed by atoms with Gasteiger partial charge in [-0.25, -0.2) is 4.68 Å². The summed E-state index contributed by atoms with van der Waals surface area (Å²) in [4.78, 5) is 15.9. The molecule has 0 bridgehead atoms. The number of rotatable bonds is 5. The van der Waals surface area contributed by atoms with Gasteiger partial charge in [-0.15, -0.1) is 0 Å². The van der Waals surface area contributed by atoms with Crippen molar-refractivity contribution in [2.24, 2.45) is 5.92 Å². The lowest BCUT2D eigenvalue weighted by Crippen LogP contribution is -2.29. The maximum Gasteiger partial charge on any atom is 0.229 e. The van der Waals surface area contributed by atoms with E-state index in [1.54, 1.807) is 11.8 Å². The van der Waals surface area contributed by atoms with Crippen LogP contribution in [0.1, 0.15) is 31.9 Å². The van der Waals surface area contributed by atoms with E-state index in [2.05, 4.69) is 29.2 Å². The highest BCUT2D eigenvalue weighted by Gasteiger charge is 2.28. The lowest BCUT2D eigenvalue weighted by Gasteiger charge is -2.24. The number of aromatic nitrogens is 3. The van der Waals surface area contributed by atoms with E-state index in [0.717, 1.165) is 5.56 Å². The van der Waals surface area contributed by atoms with E-state index in [1.807, 2.05) is 18.2 Å². The average molecular weight is 316 g/mol. The summed E-state index contributed by atoms with van der Waals surface area (Å²) >= 11 is 0. The molecular formula is C16H20N4O3. The standard InChI is InChI=1S/C16H20N4O3/c1-10(2)8-23-13-5-4-11(6-14(13)22-3)12-7-15(21)19-16-17-9-18-20(12)16/h4-6,9-10,12H,7-8H2,1-3H3,(H,17,18,19,21). The lowest BCUT2D eigenvalue weighted by atomic mass is 10.0. The van der Waals surface area contributed by atoms with Crippen molar-refractivity contribution >= 4 is 11.9 Å². The molecule has 1 N–H and O–H groups in total. The molecule has 1 unspecified atom stereocenters. The molecule has 23 heavy (non-hydrogen) atoms. The molecule has 0 aliphatic carbocycles. The zero-order valence-corrected chi connectivity index (χ0v) is 13.4. The number of amides is 1. The number of carbonyl (C=O) groups is 1. The Bertz CT molecular complexity index is 711. The van der Waals surface area contributed by atoms with Crippen molar-refractivity contribution in [3.63, 3.8) is 0 Å². The molecule has 1 aromatic carbocycles. The Morgan fingerprint density at radius 3 is 2.96 bits per heavy atom. The van der Waals surface area contributed by atoms with Gasteiger partial charge in [0.15, 0.2) is 11.5 Å². The Labute approximate surface area is 134 Å². The summed E-state index contributed by atoms with van der Waals surface area (Å²) in [5.74, 6) is 2.17. The zero-order valence-electron chi connectivity index (χ0n) is 13.4. The van der Waals surface area contributed by atoms with E-state index in [1.165, 1.54) is 6.33 Å². The molecule has 0 saturated heterocycles. The third-order valence-electron chi connectivity index (χ3n) is 3.64. The first kappa shape index (κ1) is 15.3. The minimum Gasteiger partial charge on any atom is -0.493 e. The summed E-state index contributed by atoms with van der Waals surface area (Å²) in [6.45, 7) is 4.80. The predicted octanol–water partition coefficient (Wildman–Crippen LogP) is 2.25. The van der Waals surface area contributed by atoms with Crippen LogP contribution in [0.25, 0.3) is 0 Å². The van der Waals surface area contributed by atoms with Crippen molar-refractivity contribution in [1.82, 2.24) is 14.8 Å². The Kier molecular flexibility index (Phi) is 4.18. The van der Waals surface area contributed by atoms with Gasteiger partial charge in [0, 0.05) is 0 Å². The molecular weight excluding hydrogens is 296 g/mol. The van der Waals surface area contributed by atoms with Crippen molar-refractivity contribution in [3.05, 3.63) is 30.1 Å². The highest BCUT2D eigenvalue weighted by Crippen LogP contribution is 2.35. The first-order chi connectivity index (χ1) is 11.1. The SMILES string of the molecule is COc1cc(C2CC(=O)Nc3ncnn32)ccc1OCC(C)C. The first-order valence-corrected chi connectivity index (χ1v) is 7.58. The van der Waals surface area contributed by atoms with Gasteiger partial charge < -0.3 is 9.47 Å². The highest BCUT2D eigenvalue weighted by molar-refractivity contribution is 5.91. The van der Waals surface area contributed by atoms with Gasteiger partial charge in [0.25, 0.3) is 0 Å². The quantitative estimate of drug-likeness (QED) is 0.915. The van der Waals surface area contributed by atoms with Crippen LogP contribution in [0.3, 0.4) is 0 Å². The molecule has 0 spiro atoms. The van der Waals surface area contributed by atoms with Gasteiger partial charge in [-0.05, 0) is 23.6 Å². The van der Waals surface area contributed by atoms with Crippen LogP contribution in [0.4, 0.5) is 5.95 Å². The first-order valence-electron chi connectivity index (χ1n) is 7.58. The number of benzene rings is 1. The van der Waals surface area contributed by atoms with Crippen LogP contribution >= 0.6 is 0 Å². The van der Waals surface area contributed by atoms with Gasteiger partial charge >= 0.3 is 0 Å². The molecule has 1 aliphatic rings. The fraction of sp³-hybridized carbons (Fsp3) is 0.438. The number of carbonyl (C=O) groups excluding carboxylic acids is 1. The van der Waals surface area contributed by atoms with Crippen LogP contribution in [0.15, 0.2) is 24.5 Å². The van der Waals surface area contributed by atoms with Gasteiger partial charge in [-0.2, -0.15) is 10.1 Å². The van der Waals surface area contributed by atoms with Crippen LogP contribution < -0.4 is 14.8 Å². The van der Waals surface area contributed by atoms with Crippen molar-refractivity contribution < 1.29 is 14.3 Å². The minimum absolute atomic E-state index is 0.0744. The number of anilines is 1. The van der Waals surface area contributed by atoms with Crippen LogP contribution in [-0.4, -0.2) is 34.4 Å². The van der Waals surface area contributed by atoms with E-state index in [9.17, 15) is 4.79 Å². The largest absolute Gasteiger partial charge is 0.493 e. The molecule has 2 heterocycles. The van der Waals surface area contributed by atoms with Crippen LogP contribution in [0.5, 0.6) is 11.5 Å². The van der Waals surface area contributed by atoms with Gasteiger partial charge in [0.05, 0.1) is 26.2 Å². The molecule has 0 fully saturated rings. The van der Waals surface area contributed by atoms with E-state index in [4.69, 9.17) is 9.47 Å². The molecule has 0 saturated carbocycles. The number of hydrogen-bond acceptors (Lipinski definition) is 5. The molecule has 1 aromatic heterocycles. The van der Waals surface area contributed by atoms with E-state index in [-0.39, 0.29) is 11.9 Å². The van der Waals surface area contributed by atoms with E-state index in [0.29, 0.717) is 36.4 Å². The fourth-order valence-electron chi connectivity index (χ4n) is 2.53. The average Bonchev–Trinajstić information content (AvgIpc) is 3.00. The van der Waals surface area contributed by atoms with Crippen LogP contribution in [0, 0.1) is 5.92 Å². The molecule has 0 radical (unpaired) electrons. The van der Waals surface area contributed by atoms with E-state index < -0.39 is 0 Å². The highest BCUT2D eigenvalue weighted by atomic mass is 16.5. The summed E-state index contributed by atoms with van der Waals surface area (Å²) in [6, 6.07) is 5.51. The molecule has 1 amide bonds. The summed E-state index contributed by atoms with van der Waals surface area (Å²) in [5.41, 5.74) is 0.931. The van der Waals surface area contributed by atoms with Gasteiger partial charge in [0.1, 0.15) is 6.33 Å². The topological polar surface area (TPSA) is 78.3 Å². The summed E-state index contributed by atoms with van der Waals surface area (Å²) in [5, 5.41) is 6.91. The monoisotopic (exact) mass is 316 g/mol. The smallest absolute Gasteiger partial charge is 0.229 e. The molecule has 1 aliphatic heterocycles. The third-order valence-corrected chi connectivity index (χ3v) is 3.64. The van der Waals surface area contributed by atoms with Gasteiger partial charge in [0.2, 0.25) is 11.9 Å². The maximum absolute atomic E-state index is 11.9. The van der Waals surface area contributed by atoms with Crippen molar-refractivity contribution in [2.75, 3.05) is 19.0 Å². The second-order valence-corrected chi connectivity index (χ2v) is 5.91. The Morgan fingerprint density at radius 1 is 1.39 bits per heavy atom. The van der Waals surface area contributed by atoms with Crippen LogP contribution in [-0.2, 0) is 4.79 Å². The Hall–Kier alpha value is -2.57. The zero-order chi connectivity index (χ0) is 16.4. The number of nitrogens with zero attached hydrogens (tertiary/aromatic N) is 3. The molecule has 7 heteroatoms. The lowest BCUT2D eigenvalue weighted by molar-refractivity contribution is -0.117. The summed E-state index contributed by atoms with van der Waals surface area (Å²) in [6.07, 6.45) is 1.75. The molecule has 2 aromatic rings. The van der Waals surface area contributed by atoms with Gasteiger partial charge in [-0.1, -0.05) is 19.9 Å². The second kappa shape index (κ2) is 6.28. The van der Waals surface area contributed by atoms with Gasteiger partial charge in [-0.3, -0.25) is 10.1 Å². The predicted molar refractivity (Wildman–Crippen MR) is 84.7 cm³/mol. The molecule has 1 atom stereocenters. The van der Waals surface area contributed by atoms with Crippen molar-refractivity contribution in [1.29, 1.82) is 0 Å². The van der Waals surface area contributed by atoms with Crippen LogP contribution in [0.2, 0.25) is 0 Å². The number of ether oxygens (including phenoxy) is 2. The van der Waals surface area contributed by atoms with Crippen molar-refractivity contribution in [3.8, 4) is 11.5 Å². The Balaban J connectivity index is 1.91. The minimum atomic E-state index is -0.200. The Morgan fingerprint density at radius 2 is 2.22 bits per heavy atom.